The molecule has 0 aliphatic heterocycles. The Bertz CT molecular complexity index is 270. The average molecular weight is 256 g/mol. The molecule has 18 heavy (non-hydrogen) atoms. The monoisotopic (exact) mass is 256 g/mol. The molecule has 0 heterocycles. The van der Waals surface area contributed by atoms with Gasteiger partial charge in [0.25, 0.3) is 0 Å². The number of likely N-dealkylation sites (N-methyl/N-ethyl adjacent to an activating group) is 1. The van der Waals surface area contributed by atoms with Crippen LogP contribution < -0.4 is 10.6 Å². The lowest BCUT2D eigenvalue weighted by molar-refractivity contribution is -0.127. The van der Waals surface area contributed by atoms with Crippen molar-refractivity contribution in [3.05, 3.63) is 0 Å². The summed E-state index contributed by atoms with van der Waals surface area (Å²) in [5.41, 5.74) is -0.0367. The minimum atomic E-state index is -0.166. The smallest absolute Gasteiger partial charge is 0.223 e. The van der Waals surface area contributed by atoms with Gasteiger partial charge in [0.1, 0.15) is 0 Å². The fourth-order valence-electron chi connectivity index (χ4n) is 2.42. The fraction of sp³-hybridized carbons (Fsp3) is 0.929. The second-order valence-electron chi connectivity index (χ2n) is 6.74. The molecule has 0 aromatic carbocycles. The van der Waals surface area contributed by atoms with Gasteiger partial charge in [-0.3, -0.25) is 4.79 Å². The Morgan fingerprint density at radius 2 is 1.89 bits per heavy atom. The van der Waals surface area contributed by atoms with Crippen molar-refractivity contribution in [3.8, 4) is 0 Å². The molecule has 0 spiro atoms. The third-order valence-electron chi connectivity index (χ3n) is 3.94. The fourth-order valence-corrected chi connectivity index (χ4v) is 2.42. The number of carbonyl (C=O) groups excluding carboxylic acids is 1. The zero-order valence-electron chi connectivity index (χ0n) is 12.2. The first kappa shape index (κ1) is 15.4. The molecule has 1 aliphatic rings. The highest BCUT2D eigenvalue weighted by Crippen LogP contribution is 2.31. The molecule has 0 saturated heterocycles. The first-order valence-electron chi connectivity index (χ1n) is 6.89. The zero-order chi connectivity index (χ0) is 13.8. The number of aliphatic hydroxyl groups excluding tert-OH is 1. The van der Waals surface area contributed by atoms with Crippen LogP contribution in [0.15, 0.2) is 0 Å². The van der Waals surface area contributed by atoms with E-state index in [2.05, 4.69) is 31.4 Å². The van der Waals surface area contributed by atoms with E-state index in [9.17, 15) is 9.90 Å². The summed E-state index contributed by atoms with van der Waals surface area (Å²) in [6.07, 6.45) is 3.45. The molecule has 106 valence electrons. The Balaban J connectivity index is 2.41. The van der Waals surface area contributed by atoms with Gasteiger partial charge in [-0.1, -0.05) is 20.8 Å². The molecule has 1 aliphatic carbocycles. The Morgan fingerprint density at radius 1 is 1.33 bits per heavy atom. The summed E-state index contributed by atoms with van der Waals surface area (Å²) in [5.74, 6) is 0.285. The van der Waals surface area contributed by atoms with Crippen LogP contribution in [0.25, 0.3) is 0 Å². The standard InChI is InChI=1S/C14H28N2O2/c1-13(2,3)9-16-12(18)11-5-7-14(10-17,15-4)8-6-11/h11,15,17H,5-10H2,1-4H3,(H,16,18). The molecule has 1 fully saturated rings. The van der Waals surface area contributed by atoms with Crippen LogP contribution in [0.3, 0.4) is 0 Å². The van der Waals surface area contributed by atoms with E-state index in [1.807, 2.05) is 7.05 Å². The number of hydrogen-bond acceptors (Lipinski definition) is 3. The Kier molecular flexibility index (Phi) is 5.17. The molecule has 0 atom stereocenters. The molecule has 0 unspecified atom stereocenters. The highest BCUT2D eigenvalue weighted by molar-refractivity contribution is 5.78. The van der Waals surface area contributed by atoms with Crippen molar-refractivity contribution in [1.29, 1.82) is 0 Å². The first-order valence-corrected chi connectivity index (χ1v) is 6.89. The molecule has 0 radical (unpaired) electrons. The van der Waals surface area contributed by atoms with Crippen molar-refractivity contribution in [2.24, 2.45) is 11.3 Å². The van der Waals surface area contributed by atoms with E-state index in [4.69, 9.17) is 0 Å². The van der Waals surface area contributed by atoms with Crippen LogP contribution in [0.4, 0.5) is 0 Å². The Labute approximate surface area is 111 Å². The molecular formula is C14H28N2O2. The molecule has 4 heteroatoms. The summed E-state index contributed by atoms with van der Waals surface area (Å²) in [7, 11) is 1.89. The first-order chi connectivity index (χ1) is 8.32. The van der Waals surface area contributed by atoms with Crippen LogP contribution in [-0.2, 0) is 4.79 Å². The lowest BCUT2D eigenvalue weighted by Gasteiger charge is -2.38. The number of rotatable bonds is 4. The van der Waals surface area contributed by atoms with E-state index in [0.29, 0.717) is 0 Å². The van der Waals surface area contributed by atoms with E-state index in [1.54, 1.807) is 0 Å². The molecule has 0 aromatic heterocycles. The van der Waals surface area contributed by atoms with Gasteiger partial charge in [-0.2, -0.15) is 0 Å². The minimum Gasteiger partial charge on any atom is -0.394 e. The molecular weight excluding hydrogens is 228 g/mol. The summed E-state index contributed by atoms with van der Waals surface area (Å²) < 4.78 is 0. The van der Waals surface area contributed by atoms with Crippen molar-refractivity contribution < 1.29 is 9.90 Å². The summed E-state index contributed by atoms with van der Waals surface area (Å²) in [6, 6.07) is 0. The van der Waals surface area contributed by atoms with E-state index in [0.717, 1.165) is 32.2 Å². The molecule has 0 bridgehead atoms. The molecule has 3 N–H and O–H groups in total. The molecule has 1 saturated carbocycles. The van der Waals surface area contributed by atoms with Crippen LogP contribution >= 0.6 is 0 Å². The second kappa shape index (κ2) is 6.02. The molecule has 4 nitrogen and oxygen atoms in total. The minimum absolute atomic E-state index is 0.111. The maximum atomic E-state index is 12.0. The second-order valence-corrected chi connectivity index (χ2v) is 6.74. The number of hydrogen-bond donors (Lipinski definition) is 3. The van der Waals surface area contributed by atoms with Gasteiger partial charge in [0.05, 0.1) is 6.61 Å². The van der Waals surface area contributed by atoms with Gasteiger partial charge in [0.15, 0.2) is 0 Å². The third-order valence-corrected chi connectivity index (χ3v) is 3.94. The highest BCUT2D eigenvalue weighted by atomic mass is 16.3. The largest absolute Gasteiger partial charge is 0.394 e. The summed E-state index contributed by atoms with van der Waals surface area (Å²) in [6.45, 7) is 7.23. The van der Waals surface area contributed by atoms with E-state index in [-0.39, 0.29) is 29.4 Å². The predicted octanol–water partition coefficient (Wildman–Crippen LogP) is 1.29. The van der Waals surface area contributed by atoms with Crippen LogP contribution in [0, 0.1) is 11.3 Å². The van der Waals surface area contributed by atoms with Gasteiger partial charge in [-0.05, 0) is 38.1 Å². The van der Waals surface area contributed by atoms with Crippen LogP contribution in [0.5, 0.6) is 0 Å². The van der Waals surface area contributed by atoms with Gasteiger partial charge in [-0.25, -0.2) is 0 Å². The number of carbonyl (C=O) groups is 1. The normalized spacial score (nSPS) is 29.1. The summed E-state index contributed by atoms with van der Waals surface area (Å²) in [4.78, 5) is 12.0. The van der Waals surface area contributed by atoms with Crippen LogP contribution in [-0.4, -0.2) is 36.8 Å². The quantitative estimate of drug-likeness (QED) is 0.710. The summed E-state index contributed by atoms with van der Waals surface area (Å²) in [5, 5.41) is 15.6. The zero-order valence-corrected chi connectivity index (χ0v) is 12.2. The number of nitrogens with one attached hydrogen (secondary N) is 2. The van der Waals surface area contributed by atoms with Crippen LogP contribution in [0.2, 0.25) is 0 Å². The van der Waals surface area contributed by atoms with Crippen molar-refractivity contribution >= 4 is 5.91 Å². The maximum absolute atomic E-state index is 12.0. The van der Waals surface area contributed by atoms with Crippen molar-refractivity contribution in [2.75, 3.05) is 20.2 Å². The van der Waals surface area contributed by atoms with E-state index < -0.39 is 0 Å². The van der Waals surface area contributed by atoms with Gasteiger partial charge >= 0.3 is 0 Å². The van der Waals surface area contributed by atoms with Gasteiger partial charge in [-0.15, -0.1) is 0 Å². The third kappa shape index (κ3) is 4.25. The van der Waals surface area contributed by atoms with Crippen molar-refractivity contribution in [2.45, 2.75) is 52.0 Å². The molecule has 0 aromatic rings. The number of aliphatic hydroxyl groups is 1. The maximum Gasteiger partial charge on any atom is 0.223 e. The topological polar surface area (TPSA) is 61.4 Å². The Hall–Kier alpha value is -0.610. The lowest BCUT2D eigenvalue weighted by Crippen LogP contribution is -2.50. The van der Waals surface area contributed by atoms with Gasteiger partial charge < -0.3 is 15.7 Å². The van der Waals surface area contributed by atoms with Gasteiger partial charge in [0.2, 0.25) is 5.91 Å². The molecule has 1 amide bonds. The van der Waals surface area contributed by atoms with E-state index >= 15 is 0 Å². The average Bonchev–Trinajstić information content (AvgIpc) is 2.35. The van der Waals surface area contributed by atoms with E-state index in [1.165, 1.54) is 0 Å². The SMILES string of the molecule is CNC1(CO)CCC(C(=O)NCC(C)(C)C)CC1. The van der Waals surface area contributed by atoms with Crippen molar-refractivity contribution in [1.82, 2.24) is 10.6 Å². The van der Waals surface area contributed by atoms with Crippen LogP contribution in [0.1, 0.15) is 46.5 Å². The predicted molar refractivity (Wildman–Crippen MR) is 73.3 cm³/mol. The van der Waals surface area contributed by atoms with Crippen molar-refractivity contribution in [3.63, 3.8) is 0 Å². The highest BCUT2D eigenvalue weighted by Gasteiger charge is 2.35. The number of amides is 1. The Morgan fingerprint density at radius 3 is 2.28 bits per heavy atom. The summed E-state index contributed by atoms with van der Waals surface area (Å²) >= 11 is 0. The molecule has 1 rings (SSSR count). The lowest BCUT2D eigenvalue weighted by atomic mass is 9.76. The van der Waals surface area contributed by atoms with Gasteiger partial charge in [0, 0.05) is 18.0 Å².